The van der Waals surface area contributed by atoms with Gasteiger partial charge in [0.1, 0.15) is 12.6 Å². The maximum atomic E-state index is 10.3. The highest BCUT2D eigenvalue weighted by Gasteiger charge is 2.20. The van der Waals surface area contributed by atoms with E-state index in [-0.39, 0.29) is 19.8 Å². The Balaban J connectivity index is 0.000000362. The van der Waals surface area contributed by atoms with Crippen molar-refractivity contribution in [2.24, 2.45) is 5.41 Å². The third-order valence-corrected chi connectivity index (χ3v) is 2.82. The van der Waals surface area contributed by atoms with Gasteiger partial charge in [0.15, 0.2) is 0 Å². The van der Waals surface area contributed by atoms with Crippen LogP contribution < -0.4 is 0 Å². The molecule has 0 heterocycles. The third-order valence-electron chi connectivity index (χ3n) is 2.36. The van der Waals surface area contributed by atoms with Crippen molar-refractivity contribution in [3.05, 3.63) is 33.8 Å². The average molecular weight is 333 g/mol. The number of hydrogen-bond acceptors (Lipinski definition) is 5. The molecule has 106 valence electrons. The first-order valence-electron chi connectivity index (χ1n) is 5.48. The Bertz CT molecular complexity index is 381. The molecule has 1 aromatic rings. The van der Waals surface area contributed by atoms with Crippen molar-refractivity contribution in [3.63, 3.8) is 0 Å². The van der Waals surface area contributed by atoms with Crippen LogP contribution in [-0.2, 0) is 0 Å². The molecule has 0 fully saturated rings. The summed E-state index contributed by atoms with van der Waals surface area (Å²) in [5.41, 5.74) is 0.294. The monoisotopic (exact) mass is 332 g/mol. The number of aldehydes is 2. The lowest BCUT2D eigenvalue weighted by atomic mass is 9.95. The molecular formula is C13H17BrO5. The Morgan fingerprint density at radius 2 is 1.37 bits per heavy atom. The first kappa shape index (κ1) is 17.9. The van der Waals surface area contributed by atoms with Gasteiger partial charge in [0, 0.05) is 21.0 Å². The summed E-state index contributed by atoms with van der Waals surface area (Å²) in [4.78, 5) is 20.6. The molecule has 0 atom stereocenters. The van der Waals surface area contributed by atoms with Gasteiger partial charge in [0.2, 0.25) is 0 Å². The Morgan fingerprint density at radius 3 is 1.58 bits per heavy atom. The van der Waals surface area contributed by atoms with Crippen molar-refractivity contribution in [1.29, 1.82) is 0 Å². The quantitative estimate of drug-likeness (QED) is 0.700. The van der Waals surface area contributed by atoms with Gasteiger partial charge in [-0.3, -0.25) is 9.59 Å². The van der Waals surface area contributed by atoms with Gasteiger partial charge < -0.3 is 15.3 Å². The fourth-order valence-corrected chi connectivity index (χ4v) is 1.45. The molecule has 0 aliphatic carbocycles. The highest BCUT2D eigenvalue weighted by molar-refractivity contribution is 9.10. The van der Waals surface area contributed by atoms with E-state index in [4.69, 9.17) is 15.3 Å². The standard InChI is InChI=1S/C8H5BrO2.C5H12O3/c9-8-2-6(4-10)1-7(3-8)5-11;1-5(2-6,3-7)4-8/h1-5H;6-8H,2-4H2,1H3. The second kappa shape index (κ2) is 8.92. The van der Waals surface area contributed by atoms with Gasteiger partial charge in [-0.25, -0.2) is 0 Å². The summed E-state index contributed by atoms with van der Waals surface area (Å²) in [5, 5.41) is 25.4. The average Bonchev–Trinajstić information content (AvgIpc) is 2.46. The molecule has 0 bridgehead atoms. The molecule has 0 unspecified atom stereocenters. The van der Waals surface area contributed by atoms with E-state index in [1.807, 2.05) is 0 Å². The number of aliphatic hydroxyl groups excluding tert-OH is 3. The topological polar surface area (TPSA) is 94.8 Å². The maximum absolute atomic E-state index is 10.3. The lowest BCUT2D eigenvalue weighted by Gasteiger charge is -2.20. The molecule has 0 saturated heterocycles. The van der Waals surface area contributed by atoms with Crippen LogP contribution in [0.4, 0.5) is 0 Å². The van der Waals surface area contributed by atoms with Crippen LogP contribution >= 0.6 is 15.9 Å². The van der Waals surface area contributed by atoms with Gasteiger partial charge in [-0.2, -0.15) is 0 Å². The van der Waals surface area contributed by atoms with E-state index in [0.29, 0.717) is 23.7 Å². The lowest BCUT2D eigenvalue weighted by molar-refractivity contribution is 0.0200. The maximum Gasteiger partial charge on any atom is 0.150 e. The molecule has 5 nitrogen and oxygen atoms in total. The van der Waals surface area contributed by atoms with Crippen LogP contribution in [0.5, 0.6) is 0 Å². The summed E-state index contributed by atoms with van der Waals surface area (Å²) in [7, 11) is 0. The minimum Gasteiger partial charge on any atom is -0.396 e. The first-order chi connectivity index (χ1) is 8.94. The second-order valence-corrected chi connectivity index (χ2v) is 5.25. The minimum absolute atomic E-state index is 0.181. The van der Waals surface area contributed by atoms with Gasteiger partial charge in [-0.15, -0.1) is 0 Å². The molecule has 0 spiro atoms. The fourth-order valence-electron chi connectivity index (χ4n) is 0.922. The van der Waals surface area contributed by atoms with Crippen LogP contribution in [0, 0.1) is 5.41 Å². The number of rotatable bonds is 5. The van der Waals surface area contributed by atoms with Gasteiger partial charge in [-0.05, 0) is 18.2 Å². The molecule has 0 aromatic heterocycles. The summed E-state index contributed by atoms with van der Waals surface area (Å²) >= 11 is 3.18. The van der Waals surface area contributed by atoms with E-state index < -0.39 is 5.41 Å². The van der Waals surface area contributed by atoms with E-state index in [2.05, 4.69) is 15.9 Å². The number of halogens is 1. The fraction of sp³-hybridized carbons (Fsp3) is 0.385. The molecule has 3 N–H and O–H groups in total. The Morgan fingerprint density at radius 1 is 1.00 bits per heavy atom. The van der Waals surface area contributed by atoms with Crippen molar-refractivity contribution in [2.75, 3.05) is 19.8 Å². The van der Waals surface area contributed by atoms with Crippen LogP contribution in [0.15, 0.2) is 22.7 Å². The van der Waals surface area contributed by atoms with Crippen molar-refractivity contribution in [3.8, 4) is 0 Å². The zero-order valence-corrected chi connectivity index (χ0v) is 12.1. The van der Waals surface area contributed by atoms with Crippen LogP contribution in [0.3, 0.4) is 0 Å². The highest BCUT2D eigenvalue weighted by atomic mass is 79.9. The van der Waals surface area contributed by atoms with Crippen LogP contribution in [0.2, 0.25) is 0 Å². The molecule has 1 rings (SSSR count). The predicted octanol–water partition coefficient (Wildman–Crippen LogP) is 1.04. The summed E-state index contributed by atoms with van der Waals surface area (Å²) in [6.07, 6.45) is 1.41. The Labute approximate surface area is 120 Å². The first-order valence-corrected chi connectivity index (χ1v) is 6.27. The molecular weight excluding hydrogens is 316 g/mol. The molecule has 0 amide bonds. The highest BCUT2D eigenvalue weighted by Crippen LogP contribution is 2.13. The van der Waals surface area contributed by atoms with Gasteiger partial charge in [0.25, 0.3) is 0 Å². The zero-order chi connectivity index (χ0) is 14.9. The largest absolute Gasteiger partial charge is 0.396 e. The van der Waals surface area contributed by atoms with E-state index in [9.17, 15) is 9.59 Å². The molecule has 0 aliphatic heterocycles. The molecule has 0 aliphatic rings. The number of benzene rings is 1. The van der Waals surface area contributed by atoms with Crippen LogP contribution in [0.1, 0.15) is 27.6 Å². The summed E-state index contributed by atoms with van der Waals surface area (Å²) in [5.74, 6) is 0. The molecule has 6 heteroatoms. The summed E-state index contributed by atoms with van der Waals surface area (Å²) in [6.45, 7) is 1.06. The lowest BCUT2D eigenvalue weighted by Crippen LogP contribution is -2.29. The molecule has 1 aromatic carbocycles. The van der Waals surface area contributed by atoms with Gasteiger partial charge in [0.05, 0.1) is 19.8 Å². The molecule has 0 radical (unpaired) electrons. The molecule has 19 heavy (non-hydrogen) atoms. The zero-order valence-electron chi connectivity index (χ0n) is 10.5. The van der Waals surface area contributed by atoms with Crippen molar-refractivity contribution >= 4 is 28.5 Å². The Hall–Kier alpha value is -1.08. The van der Waals surface area contributed by atoms with Crippen molar-refractivity contribution < 1.29 is 24.9 Å². The summed E-state index contributed by atoms with van der Waals surface area (Å²) < 4.78 is 0.740. The minimum atomic E-state index is -0.708. The summed E-state index contributed by atoms with van der Waals surface area (Å²) in [6, 6.07) is 4.84. The van der Waals surface area contributed by atoms with E-state index in [0.717, 1.165) is 4.47 Å². The van der Waals surface area contributed by atoms with Gasteiger partial charge in [-0.1, -0.05) is 22.9 Å². The number of aliphatic hydroxyl groups is 3. The number of hydrogen-bond donors (Lipinski definition) is 3. The Kier molecular flexibility index (Phi) is 8.42. The second-order valence-electron chi connectivity index (χ2n) is 4.34. The predicted molar refractivity (Wildman–Crippen MR) is 74.3 cm³/mol. The normalized spacial score (nSPS) is 10.4. The van der Waals surface area contributed by atoms with E-state index in [1.54, 1.807) is 19.1 Å². The molecule has 0 saturated carbocycles. The van der Waals surface area contributed by atoms with Crippen LogP contribution in [-0.4, -0.2) is 47.7 Å². The number of carbonyl (C=O) groups excluding carboxylic acids is 2. The number of carbonyl (C=O) groups is 2. The SMILES string of the molecule is CC(CO)(CO)CO.O=Cc1cc(Br)cc(C=O)c1. The van der Waals surface area contributed by atoms with Crippen molar-refractivity contribution in [1.82, 2.24) is 0 Å². The van der Waals surface area contributed by atoms with E-state index >= 15 is 0 Å². The third kappa shape index (κ3) is 6.58. The van der Waals surface area contributed by atoms with Gasteiger partial charge >= 0.3 is 0 Å². The van der Waals surface area contributed by atoms with Crippen LogP contribution in [0.25, 0.3) is 0 Å². The van der Waals surface area contributed by atoms with E-state index in [1.165, 1.54) is 6.07 Å². The smallest absolute Gasteiger partial charge is 0.150 e. The van der Waals surface area contributed by atoms with Crippen molar-refractivity contribution in [2.45, 2.75) is 6.92 Å².